The number of methoxy groups -OCH3 is 3. The lowest BCUT2D eigenvalue weighted by Crippen LogP contribution is -2.21. The Kier molecular flexibility index (Phi) is 5.46. The summed E-state index contributed by atoms with van der Waals surface area (Å²) in [7, 11) is 4.70. The van der Waals surface area contributed by atoms with Gasteiger partial charge in [-0.05, 0) is 35.9 Å². The van der Waals surface area contributed by atoms with Crippen molar-refractivity contribution < 1.29 is 18.6 Å². The molecule has 174 valence electrons. The molecular weight excluding hydrogens is 436 g/mol. The topological polar surface area (TPSA) is 118 Å². The minimum Gasteiger partial charge on any atom is -0.493 e. The third-order valence-electron chi connectivity index (χ3n) is 5.80. The molecule has 0 saturated heterocycles. The summed E-state index contributed by atoms with van der Waals surface area (Å²) in [5.74, 6) is 2.17. The largest absolute Gasteiger partial charge is 0.493 e. The lowest BCUT2D eigenvalue weighted by Gasteiger charge is -2.13. The number of benzene rings is 2. The van der Waals surface area contributed by atoms with Crippen LogP contribution in [0.1, 0.15) is 0 Å². The van der Waals surface area contributed by atoms with Crippen molar-refractivity contribution in [1.29, 1.82) is 0 Å². The molecule has 9 heteroatoms. The standard InChI is InChI=1S/C25H24N4O5/c1-31-21-11-15(12-22(32-2)24(21)33-3)20-13-18-23(34-20)16(6-8-27-18)14-4-5-17-19(10-14)29(9-7-26)25(30)28-17/h4-6,8,10-13H,7,9,26H2,1-3H3,(H,28,30). The van der Waals surface area contributed by atoms with E-state index in [1.807, 2.05) is 42.5 Å². The molecule has 2 aromatic carbocycles. The number of aromatic amines is 1. The van der Waals surface area contributed by atoms with Crippen LogP contribution in [-0.4, -0.2) is 42.4 Å². The first-order chi connectivity index (χ1) is 16.6. The van der Waals surface area contributed by atoms with Gasteiger partial charge in [0.1, 0.15) is 11.3 Å². The van der Waals surface area contributed by atoms with Gasteiger partial charge in [-0.15, -0.1) is 0 Å². The van der Waals surface area contributed by atoms with Crippen LogP contribution in [0.3, 0.4) is 0 Å². The number of imidazole rings is 1. The highest BCUT2D eigenvalue weighted by atomic mass is 16.5. The molecule has 0 aliphatic heterocycles. The molecule has 0 bridgehead atoms. The normalized spacial score (nSPS) is 11.3. The smallest absolute Gasteiger partial charge is 0.326 e. The van der Waals surface area contributed by atoms with Gasteiger partial charge in [0.15, 0.2) is 17.1 Å². The van der Waals surface area contributed by atoms with Gasteiger partial charge in [0.25, 0.3) is 0 Å². The first kappa shape index (κ1) is 21.6. The highest BCUT2D eigenvalue weighted by molar-refractivity contribution is 5.94. The van der Waals surface area contributed by atoms with Crippen molar-refractivity contribution in [3.8, 4) is 39.7 Å². The summed E-state index contributed by atoms with van der Waals surface area (Å²) in [5, 5.41) is 0. The maximum atomic E-state index is 12.3. The highest BCUT2D eigenvalue weighted by Crippen LogP contribution is 2.43. The van der Waals surface area contributed by atoms with Crippen LogP contribution in [0.25, 0.3) is 44.6 Å². The van der Waals surface area contributed by atoms with Crippen LogP contribution in [0, 0.1) is 0 Å². The minimum atomic E-state index is -0.180. The van der Waals surface area contributed by atoms with Crippen molar-refractivity contribution in [3.05, 3.63) is 59.1 Å². The van der Waals surface area contributed by atoms with Crippen LogP contribution in [0.5, 0.6) is 17.2 Å². The molecule has 5 rings (SSSR count). The Bertz CT molecular complexity index is 1540. The molecule has 3 aromatic heterocycles. The highest BCUT2D eigenvalue weighted by Gasteiger charge is 2.18. The van der Waals surface area contributed by atoms with Crippen LogP contribution >= 0.6 is 0 Å². The van der Waals surface area contributed by atoms with Crippen molar-refractivity contribution in [1.82, 2.24) is 14.5 Å². The third-order valence-corrected chi connectivity index (χ3v) is 5.80. The van der Waals surface area contributed by atoms with E-state index in [9.17, 15) is 4.79 Å². The Labute approximate surface area is 194 Å². The van der Waals surface area contributed by atoms with E-state index in [0.29, 0.717) is 47.2 Å². The van der Waals surface area contributed by atoms with E-state index in [2.05, 4.69) is 9.97 Å². The molecule has 0 aliphatic carbocycles. The fourth-order valence-corrected chi connectivity index (χ4v) is 4.20. The van der Waals surface area contributed by atoms with E-state index >= 15 is 0 Å². The van der Waals surface area contributed by atoms with Gasteiger partial charge in [-0.25, -0.2) is 4.79 Å². The van der Waals surface area contributed by atoms with Crippen LogP contribution in [0.4, 0.5) is 0 Å². The molecule has 0 spiro atoms. The SMILES string of the molecule is COc1cc(-c2cc3nccc(-c4ccc5[nH]c(=O)n(CCN)c5c4)c3o2)cc(OC)c1OC. The maximum Gasteiger partial charge on any atom is 0.326 e. The molecule has 0 amide bonds. The van der Waals surface area contributed by atoms with Gasteiger partial charge in [0.05, 0.1) is 32.4 Å². The van der Waals surface area contributed by atoms with Gasteiger partial charge in [-0.1, -0.05) is 6.07 Å². The van der Waals surface area contributed by atoms with Crippen molar-refractivity contribution in [3.63, 3.8) is 0 Å². The lowest BCUT2D eigenvalue weighted by atomic mass is 10.1. The fraction of sp³-hybridized carbons (Fsp3) is 0.200. The third kappa shape index (κ3) is 3.46. The Hall–Kier alpha value is -4.24. The van der Waals surface area contributed by atoms with Gasteiger partial charge in [0.2, 0.25) is 5.75 Å². The molecule has 0 unspecified atom stereocenters. The second kappa shape index (κ2) is 8.60. The zero-order valence-corrected chi connectivity index (χ0v) is 19.0. The van der Waals surface area contributed by atoms with Crippen LogP contribution in [0.2, 0.25) is 0 Å². The average Bonchev–Trinajstić information content (AvgIpc) is 3.43. The Balaban J connectivity index is 1.66. The number of furan rings is 1. The number of nitrogens with zero attached hydrogens (tertiary/aromatic N) is 2. The predicted molar refractivity (Wildman–Crippen MR) is 130 cm³/mol. The molecule has 9 nitrogen and oxygen atoms in total. The second-order valence-corrected chi connectivity index (χ2v) is 7.70. The Morgan fingerprint density at radius 2 is 1.76 bits per heavy atom. The van der Waals surface area contributed by atoms with E-state index in [4.69, 9.17) is 24.4 Å². The number of aromatic nitrogens is 3. The van der Waals surface area contributed by atoms with Crippen molar-refractivity contribution in [2.45, 2.75) is 6.54 Å². The van der Waals surface area contributed by atoms with Crippen molar-refractivity contribution in [2.75, 3.05) is 27.9 Å². The number of hydrogen-bond donors (Lipinski definition) is 2. The molecule has 5 aromatic rings. The summed E-state index contributed by atoms with van der Waals surface area (Å²) in [5.41, 5.74) is 10.9. The summed E-state index contributed by atoms with van der Waals surface area (Å²) < 4.78 is 24.3. The number of nitrogens with two attached hydrogens (primary N) is 1. The quantitative estimate of drug-likeness (QED) is 0.379. The zero-order valence-electron chi connectivity index (χ0n) is 19.0. The summed E-state index contributed by atoms with van der Waals surface area (Å²) >= 11 is 0. The summed E-state index contributed by atoms with van der Waals surface area (Å²) in [6, 6.07) is 13.2. The van der Waals surface area contributed by atoms with Crippen LogP contribution in [-0.2, 0) is 6.54 Å². The molecule has 0 aliphatic rings. The van der Waals surface area contributed by atoms with Gasteiger partial charge in [-0.2, -0.15) is 0 Å². The first-order valence-corrected chi connectivity index (χ1v) is 10.7. The van der Waals surface area contributed by atoms with E-state index in [1.165, 1.54) is 0 Å². The predicted octanol–water partition coefficient (Wildman–Crippen LogP) is 3.79. The van der Waals surface area contributed by atoms with Crippen LogP contribution < -0.4 is 25.6 Å². The van der Waals surface area contributed by atoms with Crippen molar-refractivity contribution >= 4 is 22.1 Å². The Morgan fingerprint density at radius 1 is 1.00 bits per heavy atom. The first-order valence-electron chi connectivity index (χ1n) is 10.7. The van der Waals surface area contributed by atoms with Gasteiger partial charge in [0, 0.05) is 36.5 Å². The molecule has 3 N–H and O–H groups in total. The molecule has 0 atom stereocenters. The number of hydrogen-bond acceptors (Lipinski definition) is 7. The molecular formula is C25H24N4O5. The summed E-state index contributed by atoms with van der Waals surface area (Å²) in [4.78, 5) is 19.6. The van der Waals surface area contributed by atoms with Gasteiger partial charge >= 0.3 is 5.69 Å². The zero-order chi connectivity index (χ0) is 23.8. The fourth-order valence-electron chi connectivity index (χ4n) is 4.20. The van der Waals surface area contributed by atoms with E-state index in [0.717, 1.165) is 27.7 Å². The number of pyridine rings is 1. The molecule has 0 radical (unpaired) electrons. The number of nitrogens with one attached hydrogen (secondary N) is 1. The minimum absolute atomic E-state index is 0.180. The maximum absolute atomic E-state index is 12.3. The molecule has 34 heavy (non-hydrogen) atoms. The number of H-pyrrole nitrogens is 1. The van der Waals surface area contributed by atoms with Crippen LogP contribution in [0.15, 0.2) is 57.9 Å². The monoisotopic (exact) mass is 460 g/mol. The summed E-state index contributed by atoms with van der Waals surface area (Å²) in [6.07, 6.45) is 1.74. The summed E-state index contributed by atoms with van der Waals surface area (Å²) in [6.45, 7) is 0.799. The van der Waals surface area contributed by atoms with E-state index < -0.39 is 0 Å². The number of rotatable bonds is 7. The van der Waals surface area contributed by atoms with E-state index in [1.54, 1.807) is 32.1 Å². The number of fused-ring (bicyclic) bond motifs is 2. The Morgan fingerprint density at radius 3 is 2.44 bits per heavy atom. The average molecular weight is 460 g/mol. The molecule has 0 saturated carbocycles. The lowest BCUT2D eigenvalue weighted by molar-refractivity contribution is 0.324. The molecule has 3 heterocycles. The van der Waals surface area contributed by atoms with E-state index in [-0.39, 0.29) is 5.69 Å². The second-order valence-electron chi connectivity index (χ2n) is 7.70. The van der Waals surface area contributed by atoms with Gasteiger partial charge in [-0.3, -0.25) is 9.55 Å². The molecule has 0 fully saturated rings. The van der Waals surface area contributed by atoms with Gasteiger partial charge < -0.3 is 29.3 Å². The number of ether oxygens (including phenoxy) is 3. The van der Waals surface area contributed by atoms with Crippen molar-refractivity contribution in [2.24, 2.45) is 5.73 Å².